The molecule has 0 aliphatic heterocycles. The number of rotatable bonds is 2. The maximum absolute atomic E-state index is 7.15. The molecule has 0 unspecified atom stereocenters. The molecule has 0 aliphatic carbocycles. The molecule has 0 aromatic heterocycles. The minimum absolute atomic E-state index is 0. The molecule has 1 rings (SSSR count). The van der Waals surface area contributed by atoms with Crippen molar-refractivity contribution in [1.29, 1.82) is 5.41 Å². The number of hydrogen-bond acceptors (Lipinski definition) is 1. The zero-order chi connectivity index (χ0) is 9.19. The number of nitrogens with one attached hydrogen (secondary N) is 1. The molecule has 1 aromatic carbocycles. The Bertz CT molecular complexity index is 285. The fourth-order valence-corrected chi connectivity index (χ4v) is 1.05. The van der Waals surface area contributed by atoms with Crippen LogP contribution in [0, 0.1) is 5.41 Å². The first-order chi connectivity index (χ1) is 5.55. The highest BCUT2D eigenvalue weighted by atomic mass is 35.5. The lowest BCUT2D eigenvalue weighted by molar-refractivity contribution is 1.11. The highest BCUT2D eigenvalue weighted by Gasteiger charge is 2.29. The van der Waals surface area contributed by atoms with Crippen LogP contribution in [0.3, 0.4) is 0 Å². The molecular weight excluding hydrogens is 230 g/mol. The van der Waals surface area contributed by atoms with Crippen molar-refractivity contribution in [3.05, 3.63) is 35.9 Å². The van der Waals surface area contributed by atoms with Gasteiger partial charge in [-0.25, -0.2) is 0 Å². The zero-order valence-corrected chi connectivity index (χ0v) is 8.96. The van der Waals surface area contributed by atoms with Crippen LogP contribution in [-0.4, -0.2) is 5.84 Å². The second-order valence-corrected chi connectivity index (χ2v) is 3.68. The number of alkyl halides is 2. The summed E-state index contributed by atoms with van der Waals surface area (Å²) < 4.78 is -1.40. The first kappa shape index (κ1) is 12.6. The largest absolute Gasteiger partial charge is 0.385 e. The fourth-order valence-electron chi connectivity index (χ4n) is 0.803. The van der Waals surface area contributed by atoms with Gasteiger partial charge in [0.05, 0.1) is 0 Å². The van der Waals surface area contributed by atoms with Crippen LogP contribution in [0.25, 0.3) is 0 Å². The Hall–Kier alpha value is -0.440. The Balaban J connectivity index is 0.00000144. The van der Waals surface area contributed by atoms with Crippen LogP contribution in [0.1, 0.15) is 5.56 Å². The monoisotopic (exact) mass is 238 g/mol. The third-order valence-electron chi connectivity index (χ3n) is 1.47. The smallest absolute Gasteiger partial charge is 0.198 e. The molecule has 13 heavy (non-hydrogen) atoms. The summed E-state index contributed by atoms with van der Waals surface area (Å²) in [5.74, 6) is -0.267. The molecular formula is C8H9Cl3N2. The van der Waals surface area contributed by atoms with E-state index in [0.29, 0.717) is 5.56 Å². The zero-order valence-electron chi connectivity index (χ0n) is 6.63. The second kappa shape index (κ2) is 4.70. The van der Waals surface area contributed by atoms with Crippen LogP contribution >= 0.6 is 35.6 Å². The normalized spacial score (nSPS) is 10.3. The van der Waals surface area contributed by atoms with Gasteiger partial charge in [-0.2, -0.15) is 0 Å². The van der Waals surface area contributed by atoms with Gasteiger partial charge in [-0.1, -0.05) is 53.5 Å². The van der Waals surface area contributed by atoms with Crippen molar-refractivity contribution in [2.75, 3.05) is 0 Å². The average Bonchev–Trinajstić information content (AvgIpc) is 2.06. The molecule has 0 saturated heterocycles. The van der Waals surface area contributed by atoms with Gasteiger partial charge in [-0.3, -0.25) is 5.41 Å². The van der Waals surface area contributed by atoms with E-state index in [4.69, 9.17) is 34.3 Å². The van der Waals surface area contributed by atoms with E-state index in [9.17, 15) is 0 Å². The van der Waals surface area contributed by atoms with E-state index < -0.39 is 4.33 Å². The SMILES string of the molecule is Cl.N=C(N)C(Cl)(Cl)c1ccccc1. The molecule has 0 atom stereocenters. The van der Waals surface area contributed by atoms with E-state index in [1.807, 2.05) is 6.07 Å². The predicted molar refractivity (Wildman–Crippen MR) is 59.0 cm³/mol. The van der Waals surface area contributed by atoms with Crippen molar-refractivity contribution in [3.63, 3.8) is 0 Å². The molecule has 0 saturated carbocycles. The fraction of sp³-hybridized carbons (Fsp3) is 0.125. The quantitative estimate of drug-likeness (QED) is 0.465. The van der Waals surface area contributed by atoms with Gasteiger partial charge in [-0.15, -0.1) is 12.4 Å². The maximum atomic E-state index is 7.15. The lowest BCUT2D eigenvalue weighted by Crippen LogP contribution is -2.30. The van der Waals surface area contributed by atoms with Crippen molar-refractivity contribution in [3.8, 4) is 0 Å². The summed E-state index contributed by atoms with van der Waals surface area (Å²) in [5, 5.41) is 7.15. The van der Waals surface area contributed by atoms with Gasteiger partial charge in [-0.05, 0) is 5.56 Å². The van der Waals surface area contributed by atoms with Gasteiger partial charge in [0.2, 0.25) is 0 Å². The number of benzene rings is 1. The molecule has 0 aliphatic rings. The van der Waals surface area contributed by atoms with Gasteiger partial charge in [0.25, 0.3) is 0 Å². The summed E-state index contributed by atoms with van der Waals surface area (Å²) in [6, 6.07) is 8.87. The Morgan fingerprint density at radius 2 is 1.69 bits per heavy atom. The number of nitrogens with two attached hydrogens (primary N) is 1. The maximum Gasteiger partial charge on any atom is 0.198 e. The van der Waals surface area contributed by atoms with E-state index in [1.54, 1.807) is 24.3 Å². The van der Waals surface area contributed by atoms with E-state index in [2.05, 4.69) is 0 Å². The van der Waals surface area contributed by atoms with Gasteiger partial charge in [0, 0.05) is 0 Å². The Morgan fingerprint density at radius 1 is 1.23 bits per heavy atom. The van der Waals surface area contributed by atoms with E-state index in [1.165, 1.54) is 0 Å². The van der Waals surface area contributed by atoms with E-state index in [-0.39, 0.29) is 18.2 Å². The van der Waals surface area contributed by atoms with Crippen molar-refractivity contribution in [1.82, 2.24) is 0 Å². The summed E-state index contributed by atoms with van der Waals surface area (Å²) in [4.78, 5) is 0. The third-order valence-corrected chi connectivity index (χ3v) is 2.32. The third kappa shape index (κ3) is 2.76. The molecule has 2 nitrogen and oxygen atoms in total. The summed E-state index contributed by atoms with van der Waals surface area (Å²) in [5.41, 5.74) is 5.83. The van der Waals surface area contributed by atoms with Gasteiger partial charge < -0.3 is 5.73 Å². The van der Waals surface area contributed by atoms with Crippen molar-refractivity contribution >= 4 is 41.4 Å². The number of amidine groups is 1. The molecule has 0 heterocycles. The van der Waals surface area contributed by atoms with Crippen LogP contribution in [0.5, 0.6) is 0 Å². The molecule has 72 valence electrons. The average molecular weight is 240 g/mol. The topological polar surface area (TPSA) is 49.9 Å². The van der Waals surface area contributed by atoms with Crippen molar-refractivity contribution < 1.29 is 0 Å². The second-order valence-electron chi connectivity index (χ2n) is 2.35. The van der Waals surface area contributed by atoms with Gasteiger partial charge in [0.1, 0.15) is 5.84 Å². The van der Waals surface area contributed by atoms with Crippen LogP contribution in [-0.2, 0) is 4.33 Å². The lowest BCUT2D eigenvalue weighted by atomic mass is 10.1. The Morgan fingerprint density at radius 3 is 2.08 bits per heavy atom. The highest BCUT2D eigenvalue weighted by molar-refractivity contribution is 6.57. The predicted octanol–water partition coefficient (Wildman–Crippen LogP) is 2.67. The molecule has 0 radical (unpaired) electrons. The van der Waals surface area contributed by atoms with E-state index in [0.717, 1.165) is 0 Å². The molecule has 0 amide bonds. The Kier molecular flexibility index (Phi) is 4.54. The molecule has 0 fully saturated rings. The van der Waals surface area contributed by atoms with Crippen molar-refractivity contribution in [2.45, 2.75) is 4.33 Å². The van der Waals surface area contributed by atoms with Gasteiger partial charge >= 0.3 is 0 Å². The summed E-state index contributed by atoms with van der Waals surface area (Å²) >= 11 is 11.6. The van der Waals surface area contributed by atoms with Crippen LogP contribution in [0.4, 0.5) is 0 Å². The Labute approximate surface area is 92.9 Å². The van der Waals surface area contributed by atoms with Crippen LogP contribution in [0.2, 0.25) is 0 Å². The lowest BCUT2D eigenvalue weighted by Gasteiger charge is -2.17. The molecule has 0 spiro atoms. The van der Waals surface area contributed by atoms with Crippen LogP contribution < -0.4 is 5.73 Å². The highest BCUT2D eigenvalue weighted by Crippen LogP contribution is 2.32. The molecule has 3 N–H and O–H groups in total. The summed E-state index contributed by atoms with van der Waals surface area (Å²) in [6.07, 6.45) is 0. The minimum atomic E-state index is -1.40. The number of hydrogen-bond donors (Lipinski definition) is 2. The summed E-state index contributed by atoms with van der Waals surface area (Å²) in [6.45, 7) is 0. The van der Waals surface area contributed by atoms with Gasteiger partial charge in [0.15, 0.2) is 4.33 Å². The van der Waals surface area contributed by atoms with Crippen LogP contribution in [0.15, 0.2) is 30.3 Å². The number of halogens is 3. The minimum Gasteiger partial charge on any atom is -0.385 e. The summed E-state index contributed by atoms with van der Waals surface area (Å²) in [7, 11) is 0. The molecule has 1 aromatic rings. The molecule has 0 bridgehead atoms. The van der Waals surface area contributed by atoms with E-state index >= 15 is 0 Å². The first-order valence-electron chi connectivity index (χ1n) is 3.33. The first-order valence-corrected chi connectivity index (χ1v) is 4.08. The standard InChI is InChI=1S/C8H8Cl2N2.ClH/c9-8(10,7(11)12)6-4-2-1-3-5-6;/h1-5H,(H3,11,12);1H. The molecule has 5 heteroatoms. The van der Waals surface area contributed by atoms with Crippen molar-refractivity contribution in [2.24, 2.45) is 5.73 Å².